The molecule has 1 aliphatic heterocycles. The normalized spacial score (nSPS) is 13.2. The molecule has 0 bridgehead atoms. The Kier molecular flexibility index (Phi) is 7.94. The van der Waals surface area contributed by atoms with Gasteiger partial charge in [-0.25, -0.2) is 0 Å². The van der Waals surface area contributed by atoms with E-state index >= 15 is 0 Å². The first-order chi connectivity index (χ1) is 27.2. The van der Waals surface area contributed by atoms with Gasteiger partial charge >= 0.3 is 0 Å². The maximum atomic E-state index is 9.40. The predicted octanol–water partition coefficient (Wildman–Crippen LogP) is 13.7. The second-order valence-electron chi connectivity index (χ2n) is 14.1. The molecule has 1 atom stereocenters. The first-order valence-corrected chi connectivity index (χ1v) is 18.6. The molecule has 258 valence electrons. The number of nitriles is 1. The molecular formula is C52H34N2O. The van der Waals surface area contributed by atoms with E-state index in [1.165, 1.54) is 43.8 Å². The van der Waals surface area contributed by atoms with Crippen LogP contribution in [0.1, 0.15) is 17.4 Å². The largest absolute Gasteiger partial charge is 0.464 e. The molecule has 0 radical (unpaired) electrons. The Morgan fingerprint density at radius 2 is 0.927 bits per heavy atom. The molecule has 10 rings (SSSR count). The molecular weight excluding hydrogens is 669 g/mol. The van der Waals surface area contributed by atoms with E-state index < -0.39 is 0 Å². The van der Waals surface area contributed by atoms with E-state index in [0.29, 0.717) is 5.56 Å². The summed E-state index contributed by atoms with van der Waals surface area (Å²) in [5.41, 5.74) is 13.9. The molecule has 3 nitrogen and oxygen atoms in total. The molecule has 9 aromatic carbocycles. The van der Waals surface area contributed by atoms with Crippen LogP contribution in [0.2, 0.25) is 0 Å². The molecule has 55 heavy (non-hydrogen) atoms. The van der Waals surface area contributed by atoms with Crippen molar-refractivity contribution in [3.63, 3.8) is 0 Å². The lowest BCUT2D eigenvalue weighted by Gasteiger charge is -2.14. The highest BCUT2D eigenvalue weighted by atomic mass is 16.5. The van der Waals surface area contributed by atoms with Crippen LogP contribution in [0.3, 0.4) is 0 Å². The number of benzene rings is 9. The summed E-state index contributed by atoms with van der Waals surface area (Å²) in [6, 6.07) is 70.6. The summed E-state index contributed by atoms with van der Waals surface area (Å²) in [7, 11) is 0. The topological polar surface area (TPSA) is 45.0 Å². The number of ether oxygens (including phenoxy) is 1. The van der Waals surface area contributed by atoms with Crippen molar-refractivity contribution in [2.75, 3.05) is 5.32 Å². The lowest BCUT2D eigenvalue weighted by molar-refractivity contribution is 0.260. The molecule has 0 amide bonds. The quantitative estimate of drug-likeness (QED) is 0.188. The molecule has 1 heterocycles. The minimum absolute atomic E-state index is 0.354. The summed E-state index contributed by atoms with van der Waals surface area (Å²) in [6.45, 7) is 0. The average molecular weight is 703 g/mol. The van der Waals surface area contributed by atoms with Crippen molar-refractivity contribution in [1.82, 2.24) is 0 Å². The SMILES string of the molecule is N#Cc1cccc(-c2ccc(C3Nc4c(cc(-c5ccc(-c6cccc7ccccc67)cc5)cc4-c4ccc(-c5cccc6ccccc56)cc4)O3)cc2)c1. The Labute approximate surface area is 320 Å². The fraction of sp³-hybridized carbons (Fsp3) is 0.0192. The van der Waals surface area contributed by atoms with Gasteiger partial charge in [-0.1, -0.05) is 170 Å². The van der Waals surface area contributed by atoms with Gasteiger partial charge in [-0.15, -0.1) is 0 Å². The number of nitrogens with one attached hydrogen (secondary N) is 1. The highest BCUT2D eigenvalue weighted by molar-refractivity contribution is 5.98. The maximum absolute atomic E-state index is 9.40. The van der Waals surface area contributed by atoms with Crippen molar-refractivity contribution in [3.8, 4) is 67.5 Å². The fourth-order valence-electron chi connectivity index (χ4n) is 7.94. The number of anilines is 1. The van der Waals surface area contributed by atoms with Gasteiger partial charge in [0.2, 0.25) is 0 Å². The number of hydrogen-bond acceptors (Lipinski definition) is 3. The minimum atomic E-state index is -0.354. The lowest BCUT2D eigenvalue weighted by Crippen LogP contribution is -2.10. The first kappa shape index (κ1) is 32.3. The van der Waals surface area contributed by atoms with E-state index in [1.54, 1.807) is 0 Å². The van der Waals surface area contributed by atoms with Crippen LogP contribution in [-0.4, -0.2) is 0 Å². The van der Waals surface area contributed by atoms with Crippen LogP contribution in [0.4, 0.5) is 5.69 Å². The zero-order chi connectivity index (χ0) is 36.7. The van der Waals surface area contributed by atoms with E-state index in [-0.39, 0.29) is 6.23 Å². The Bertz CT molecular complexity index is 2910. The summed E-state index contributed by atoms with van der Waals surface area (Å²) in [6.07, 6.45) is -0.354. The third-order valence-electron chi connectivity index (χ3n) is 10.8. The zero-order valence-corrected chi connectivity index (χ0v) is 29.9. The van der Waals surface area contributed by atoms with E-state index in [1.807, 2.05) is 24.3 Å². The predicted molar refractivity (Wildman–Crippen MR) is 227 cm³/mol. The maximum Gasteiger partial charge on any atom is 0.196 e. The number of hydrogen-bond donors (Lipinski definition) is 1. The van der Waals surface area contributed by atoms with Crippen LogP contribution in [0.25, 0.3) is 77.2 Å². The summed E-state index contributed by atoms with van der Waals surface area (Å²) in [4.78, 5) is 0. The highest BCUT2D eigenvalue weighted by Crippen LogP contribution is 2.48. The summed E-state index contributed by atoms with van der Waals surface area (Å²) >= 11 is 0. The van der Waals surface area contributed by atoms with Crippen molar-refractivity contribution in [2.45, 2.75) is 6.23 Å². The highest BCUT2D eigenvalue weighted by Gasteiger charge is 2.28. The van der Waals surface area contributed by atoms with Gasteiger partial charge in [0.05, 0.1) is 17.3 Å². The van der Waals surface area contributed by atoms with Crippen LogP contribution in [0, 0.1) is 11.3 Å². The molecule has 0 aromatic heterocycles. The van der Waals surface area contributed by atoms with Crippen LogP contribution in [0.15, 0.2) is 194 Å². The van der Waals surface area contributed by atoms with E-state index in [2.05, 4.69) is 181 Å². The van der Waals surface area contributed by atoms with Crippen molar-refractivity contribution in [2.24, 2.45) is 0 Å². The Morgan fingerprint density at radius 3 is 1.55 bits per heavy atom. The van der Waals surface area contributed by atoms with Gasteiger partial charge in [-0.05, 0) is 95.9 Å². The molecule has 1 aliphatic rings. The number of fused-ring (bicyclic) bond motifs is 3. The van der Waals surface area contributed by atoms with Gasteiger partial charge in [0.15, 0.2) is 6.23 Å². The summed E-state index contributed by atoms with van der Waals surface area (Å²) < 4.78 is 6.73. The van der Waals surface area contributed by atoms with E-state index in [9.17, 15) is 5.26 Å². The van der Waals surface area contributed by atoms with Gasteiger partial charge in [0.1, 0.15) is 5.75 Å². The molecule has 0 saturated heterocycles. The molecule has 1 unspecified atom stereocenters. The molecule has 0 saturated carbocycles. The van der Waals surface area contributed by atoms with Gasteiger partial charge in [0.25, 0.3) is 0 Å². The van der Waals surface area contributed by atoms with Gasteiger partial charge in [0, 0.05) is 11.1 Å². The number of rotatable bonds is 6. The van der Waals surface area contributed by atoms with E-state index in [4.69, 9.17) is 4.74 Å². The second-order valence-corrected chi connectivity index (χ2v) is 14.1. The molecule has 1 N–H and O–H groups in total. The fourth-order valence-corrected chi connectivity index (χ4v) is 7.94. The molecule has 0 aliphatic carbocycles. The first-order valence-electron chi connectivity index (χ1n) is 18.6. The average Bonchev–Trinajstić information content (AvgIpc) is 3.70. The Hall–Kier alpha value is -7.41. The Balaban J connectivity index is 1.02. The van der Waals surface area contributed by atoms with Crippen molar-refractivity contribution in [1.29, 1.82) is 5.26 Å². The molecule has 3 heteroatoms. The van der Waals surface area contributed by atoms with Crippen molar-refractivity contribution in [3.05, 3.63) is 205 Å². The van der Waals surface area contributed by atoms with Gasteiger partial charge in [-0.2, -0.15) is 5.26 Å². The third-order valence-corrected chi connectivity index (χ3v) is 10.8. The van der Waals surface area contributed by atoms with Gasteiger partial charge in [-0.3, -0.25) is 0 Å². The van der Waals surface area contributed by atoms with Crippen molar-refractivity contribution >= 4 is 27.2 Å². The van der Waals surface area contributed by atoms with Crippen LogP contribution < -0.4 is 10.1 Å². The van der Waals surface area contributed by atoms with Crippen LogP contribution >= 0.6 is 0 Å². The second kappa shape index (κ2) is 13.5. The van der Waals surface area contributed by atoms with Gasteiger partial charge < -0.3 is 10.1 Å². The standard InChI is InChI=1S/C52H34N2O/c53-33-34-8-5-13-43(30-34)35-20-28-42(29-21-35)52-54-51-49(41-26-24-40(25-27-41)48-17-7-12-38-10-2-4-15-46(38)48)31-44(32-50(51)55-52)36-18-22-39(23-19-36)47-16-6-11-37-9-1-3-14-45(37)47/h1-32,52,54H. The minimum Gasteiger partial charge on any atom is -0.464 e. The monoisotopic (exact) mass is 702 g/mol. The molecule has 9 aromatic rings. The van der Waals surface area contributed by atoms with E-state index in [0.717, 1.165) is 50.4 Å². The summed E-state index contributed by atoms with van der Waals surface area (Å²) in [5, 5.41) is 18.1. The van der Waals surface area contributed by atoms with Crippen molar-refractivity contribution < 1.29 is 4.74 Å². The molecule has 0 spiro atoms. The number of nitrogens with zero attached hydrogens (tertiary/aromatic N) is 1. The third kappa shape index (κ3) is 5.97. The molecule has 0 fully saturated rings. The lowest BCUT2D eigenvalue weighted by atomic mass is 9.93. The zero-order valence-electron chi connectivity index (χ0n) is 29.9. The smallest absolute Gasteiger partial charge is 0.196 e. The summed E-state index contributed by atoms with van der Waals surface area (Å²) in [5.74, 6) is 0.819. The van der Waals surface area contributed by atoms with Crippen LogP contribution in [-0.2, 0) is 0 Å². The Morgan fingerprint density at radius 1 is 0.418 bits per heavy atom. The van der Waals surface area contributed by atoms with Crippen LogP contribution in [0.5, 0.6) is 5.75 Å².